The molecule has 5 amide bonds. The minimum atomic E-state index is -0.968. The van der Waals surface area contributed by atoms with Gasteiger partial charge in [0.15, 0.2) is 0 Å². The summed E-state index contributed by atoms with van der Waals surface area (Å²) >= 11 is 0. The fourth-order valence-corrected chi connectivity index (χ4v) is 8.00. The lowest BCUT2D eigenvalue weighted by Gasteiger charge is -2.27. The number of nitrogens with zero attached hydrogens (tertiary/aromatic N) is 4. The molecule has 0 aliphatic carbocycles. The Morgan fingerprint density at radius 3 is 2.25 bits per heavy atom. The Kier molecular flexibility index (Phi) is 12.9. The van der Waals surface area contributed by atoms with E-state index in [9.17, 15) is 28.8 Å². The number of unbranched alkanes of at least 4 members (excludes halogenated alkanes) is 6. The molecule has 1 saturated heterocycles. The molecule has 1 unspecified atom stereocenters. The van der Waals surface area contributed by atoms with Crippen molar-refractivity contribution in [1.29, 1.82) is 0 Å². The van der Waals surface area contributed by atoms with E-state index in [1.54, 1.807) is 38.0 Å². The number of nitrogens with one attached hydrogen (secondary N) is 2. The fourth-order valence-electron chi connectivity index (χ4n) is 8.00. The molecule has 2 aliphatic rings. The number of likely N-dealkylation sites (N-methyl/N-ethyl adjacent to an activating group) is 1. The molecule has 2 aromatic heterocycles. The Balaban J connectivity index is 0.901. The van der Waals surface area contributed by atoms with Crippen molar-refractivity contribution in [3.8, 4) is 22.6 Å². The van der Waals surface area contributed by atoms with E-state index in [0.29, 0.717) is 47.7 Å². The summed E-state index contributed by atoms with van der Waals surface area (Å²) in [6.45, 7) is 1.23. The molecule has 2 N–H and O–H groups in total. The first-order valence-electron chi connectivity index (χ1n) is 19.6. The summed E-state index contributed by atoms with van der Waals surface area (Å²) in [5.41, 5.74) is 4.61. The van der Waals surface area contributed by atoms with Crippen LogP contribution >= 0.6 is 0 Å². The Hall–Kier alpha value is -5.76. The summed E-state index contributed by atoms with van der Waals surface area (Å²) in [4.78, 5) is 79.0. The van der Waals surface area contributed by atoms with Crippen molar-refractivity contribution in [3.05, 3.63) is 81.4 Å². The Morgan fingerprint density at radius 2 is 1.56 bits per heavy atom. The summed E-state index contributed by atoms with van der Waals surface area (Å²) in [5, 5.41) is 6.12. The summed E-state index contributed by atoms with van der Waals surface area (Å²) < 4.78 is 15.0. The van der Waals surface area contributed by atoms with E-state index in [0.717, 1.165) is 77.5 Å². The predicted molar refractivity (Wildman–Crippen MR) is 215 cm³/mol. The number of hydrogen-bond donors (Lipinski definition) is 2. The third kappa shape index (κ3) is 8.80. The number of benzene rings is 2. The third-order valence-electron chi connectivity index (χ3n) is 11.0. The minimum Gasteiger partial charge on any atom is -0.496 e. The number of carbonyl (C=O) groups excluding carboxylic acids is 5. The highest BCUT2D eigenvalue weighted by molar-refractivity contribution is 6.24. The van der Waals surface area contributed by atoms with Gasteiger partial charge >= 0.3 is 0 Å². The van der Waals surface area contributed by atoms with Crippen LogP contribution in [0.4, 0.5) is 0 Å². The van der Waals surface area contributed by atoms with Crippen molar-refractivity contribution in [3.63, 3.8) is 0 Å². The van der Waals surface area contributed by atoms with Crippen LogP contribution in [0, 0.1) is 0 Å². The minimum absolute atomic E-state index is 0.0588. The number of fused-ring (bicyclic) bond motifs is 2. The van der Waals surface area contributed by atoms with E-state index in [1.165, 1.54) is 0 Å². The molecule has 1 atom stereocenters. The maximum Gasteiger partial charge on any atom is 0.274 e. The molecule has 14 nitrogen and oxygen atoms in total. The number of hydrogen-bond acceptors (Lipinski definition) is 9. The zero-order chi connectivity index (χ0) is 40.8. The summed E-state index contributed by atoms with van der Waals surface area (Å²) in [7, 11) is 8.69. The number of methoxy groups -OCH3 is 2. The van der Waals surface area contributed by atoms with Gasteiger partial charge < -0.3 is 23.9 Å². The molecule has 2 aliphatic heterocycles. The number of carbonyl (C=O) groups is 5. The second kappa shape index (κ2) is 18.0. The zero-order valence-electron chi connectivity index (χ0n) is 33.4. The lowest BCUT2D eigenvalue weighted by atomic mass is 9.97. The highest BCUT2D eigenvalue weighted by Gasteiger charge is 2.45. The first kappa shape index (κ1) is 40.9. The van der Waals surface area contributed by atoms with E-state index in [4.69, 9.17) is 9.47 Å². The zero-order valence-corrected chi connectivity index (χ0v) is 33.4. The third-order valence-corrected chi connectivity index (χ3v) is 11.0. The van der Waals surface area contributed by atoms with Gasteiger partial charge in [-0.15, -0.1) is 0 Å². The van der Waals surface area contributed by atoms with Crippen LogP contribution in [0.5, 0.6) is 11.5 Å². The molecule has 0 radical (unpaired) electrons. The molecule has 2 aromatic carbocycles. The number of amides is 5. The SMILES string of the molecule is COc1cc(-c2cn(C)c(=O)c3c2ccn3C)cc(OC)c1CN(C)CC(=O)NCCCCCCCCCc1cccc2c1C(=O)N(C1CCC(=O)NC1=O)C2=O. The molecule has 4 aromatic rings. The van der Waals surface area contributed by atoms with E-state index < -0.39 is 29.7 Å². The van der Waals surface area contributed by atoms with Gasteiger partial charge in [0.05, 0.1) is 37.5 Å². The predicted octanol–water partition coefficient (Wildman–Crippen LogP) is 4.48. The Morgan fingerprint density at radius 1 is 0.877 bits per heavy atom. The lowest BCUT2D eigenvalue weighted by molar-refractivity contribution is -0.136. The highest BCUT2D eigenvalue weighted by atomic mass is 16.5. The molecule has 302 valence electrons. The van der Waals surface area contributed by atoms with Crippen LogP contribution in [0.1, 0.15) is 89.6 Å². The lowest BCUT2D eigenvalue weighted by Crippen LogP contribution is -2.54. The van der Waals surface area contributed by atoms with Crippen LogP contribution in [0.2, 0.25) is 0 Å². The van der Waals surface area contributed by atoms with Gasteiger partial charge in [-0.25, -0.2) is 0 Å². The molecule has 57 heavy (non-hydrogen) atoms. The number of rotatable bonds is 18. The van der Waals surface area contributed by atoms with Gasteiger partial charge in [-0.3, -0.25) is 43.9 Å². The molecule has 0 bridgehead atoms. The normalized spacial score (nSPS) is 15.4. The molecule has 6 rings (SSSR count). The smallest absolute Gasteiger partial charge is 0.274 e. The number of aryl methyl sites for hydroxylation is 3. The first-order chi connectivity index (χ1) is 27.4. The van der Waals surface area contributed by atoms with Crippen molar-refractivity contribution in [2.24, 2.45) is 14.1 Å². The van der Waals surface area contributed by atoms with E-state index in [2.05, 4.69) is 10.6 Å². The van der Waals surface area contributed by atoms with Gasteiger partial charge in [-0.2, -0.15) is 0 Å². The van der Waals surface area contributed by atoms with Crippen molar-refractivity contribution in [1.82, 2.24) is 29.6 Å². The average molecular weight is 781 g/mol. The van der Waals surface area contributed by atoms with Crippen LogP contribution in [0.15, 0.2) is 53.6 Å². The summed E-state index contributed by atoms with van der Waals surface area (Å²) in [6, 6.07) is 10.1. The molecule has 0 saturated carbocycles. The number of piperidine rings is 1. The summed E-state index contributed by atoms with van der Waals surface area (Å²) in [6.07, 6.45) is 11.5. The molecular formula is C43H52N6O8. The quantitative estimate of drug-likeness (QED) is 0.110. The molecule has 0 spiro atoms. The second-order valence-electron chi connectivity index (χ2n) is 15.0. The number of aromatic nitrogens is 2. The maximum atomic E-state index is 13.3. The van der Waals surface area contributed by atoms with Gasteiger partial charge in [-0.1, -0.05) is 44.2 Å². The van der Waals surface area contributed by atoms with Crippen LogP contribution in [0.3, 0.4) is 0 Å². The van der Waals surface area contributed by atoms with Crippen LogP contribution in [0.25, 0.3) is 22.0 Å². The second-order valence-corrected chi connectivity index (χ2v) is 15.0. The topological polar surface area (TPSA) is 161 Å². The van der Waals surface area contributed by atoms with E-state index in [-0.39, 0.29) is 30.9 Å². The van der Waals surface area contributed by atoms with Crippen molar-refractivity contribution < 1.29 is 33.4 Å². The van der Waals surface area contributed by atoms with Gasteiger partial charge in [0, 0.05) is 56.9 Å². The average Bonchev–Trinajstić information content (AvgIpc) is 3.70. The fraction of sp³-hybridized carbons (Fsp3) is 0.442. The number of imide groups is 2. The standard InChI is InChI=1S/C43H52N6O8/c1-46(24-32-34(56-4)22-28(23-35(32)57-5)31-25-48(3)43(55)39-29(31)19-21-47(39)2)26-37(51)44-20-12-10-8-6-7-9-11-14-27-15-13-16-30-38(27)42(54)49(41(30)53)33-17-18-36(50)45-40(33)52/h13,15-16,19,21-23,25,33H,6-12,14,17-18,20,24,26H2,1-5H3,(H,44,51)(H,45,50,52). The monoisotopic (exact) mass is 780 g/mol. The maximum absolute atomic E-state index is 13.3. The number of ether oxygens (including phenoxy) is 2. The molecule has 1 fully saturated rings. The van der Waals surface area contributed by atoms with Gasteiger partial charge in [-0.05, 0) is 68.1 Å². The van der Waals surface area contributed by atoms with Gasteiger partial charge in [0.2, 0.25) is 17.7 Å². The van der Waals surface area contributed by atoms with Crippen LogP contribution in [-0.4, -0.2) is 88.9 Å². The van der Waals surface area contributed by atoms with Gasteiger partial charge in [0.25, 0.3) is 17.4 Å². The Labute approximate surface area is 332 Å². The molecular weight excluding hydrogens is 729 g/mol. The van der Waals surface area contributed by atoms with Crippen molar-refractivity contribution in [2.75, 3.05) is 34.4 Å². The highest BCUT2D eigenvalue weighted by Crippen LogP contribution is 2.38. The van der Waals surface area contributed by atoms with Gasteiger partial charge in [0.1, 0.15) is 23.1 Å². The largest absolute Gasteiger partial charge is 0.496 e. The van der Waals surface area contributed by atoms with E-state index >= 15 is 0 Å². The summed E-state index contributed by atoms with van der Waals surface area (Å²) in [5.74, 6) is -0.744. The molecule has 4 heterocycles. The van der Waals surface area contributed by atoms with Crippen molar-refractivity contribution >= 4 is 40.4 Å². The first-order valence-corrected chi connectivity index (χ1v) is 19.6. The van der Waals surface area contributed by atoms with E-state index in [1.807, 2.05) is 60.2 Å². The van der Waals surface area contributed by atoms with Crippen LogP contribution in [-0.2, 0) is 41.4 Å². The number of pyridine rings is 1. The van der Waals surface area contributed by atoms with Crippen LogP contribution < -0.4 is 25.7 Å². The molecule has 14 heteroatoms. The Bertz CT molecular complexity index is 2230. The van der Waals surface area contributed by atoms with Crippen molar-refractivity contribution in [2.45, 2.75) is 76.8 Å².